The number of carbonyl (C=O) groups is 1. The first kappa shape index (κ1) is 10.3. The van der Waals surface area contributed by atoms with Crippen molar-refractivity contribution in [3.8, 4) is 0 Å². The van der Waals surface area contributed by atoms with E-state index in [0.717, 1.165) is 31.2 Å². The van der Waals surface area contributed by atoms with E-state index in [0.29, 0.717) is 6.10 Å². The van der Waals surface area contributed by atoms with Gasteiger partial charge in [-0.25, -0.2) is 0 Å². The molecule has 5 heteroatoms. The molecule has 0 radical (unpaired) electrons. The number of hydrogen-bond donors (Lipinski definition) is 1. The summed E-state index contributed by atoms with van der Waals surface area (Å²) in [5, 5.41) is 3.06. The molecular formula is C9H16N2O2S. The van der Waals surface area contributed by atoms with Crippen molar-refractivity contribution in [2.24, 2.45) is 0 Å². The van der Waals surface area contributed by atoms with Crippen molar-refractivity contribution < 1.29 is 9.53 Å². The lowest BCUT2D eigenvalue weighted by Crippen LogP contribution is -2.46. The quantitative estimate of drug-likeness (QED) is 0.649. The van der Waals surface area contributed by atoms with Crippen LogP contribution in [0.1, 0.15) is 0 Å². The molecule has 1 N–H and O–H groups in total. The zero-order chi connectivity index (χ0) is 9.97. The van der Waals surface area contributed by atoms with Gasteiger partial charge in [-0.3, -0.25) is 4.79 Å². The van der Waals surface area contributed by atoms with Crippen LogP contribution in [-0.2, 0) is 9.53 Å². The molecule has 2 heterocycles. The Kier molecular flexibility index (Phi) is 3.30. The van der Waals surface area contributed by atoms with E-state index in [1.165, 1.54) is 0 Å². The van der Waals surface area contributed by atoms with Crippen molar-refractivity contribution in [1.29, 1.82) is 0 Å². The second kappa shape index (κ2) is 4.51. The van der Waals surface area contributed by atoms with Gasteiger partial charge in [0.2, 0.25) is 5.91 Å². The minimum Gasteiger partial charge on any atom is -0.371 e. The summed E-state index contributed by atoms with van der Waals surface area (Å²) < 4.78 is 5.15. The Balaban J connectivity index is 1.94. The minimum atomic E-state index is -0.0127. The Morgan fingerprint density at radius 3 is 3.14 bits per heavy atom. The highest BCUT2D eigenvalue weighted by atomic mass is 32.2. The Bertz CT molecular complexity index is 221. The molecule has 0 aromatic heterocycles. The van der Waals surface area contributed by atoms with Crippen LogP contribution in [0.3, 0.4) is 0 Å². The molecule has 0 aliphatic carbocycles. The summed E-state index contributed by atoms with van der Waals surface area (Å²) in [4.78, 5) is 13.9. The molecule has 0 aromatic carbocycles. The predicted octanol–water partition coefficient (Wildman–Crippen LogP) is -0.451. The third-order valence-electron chi connectivity index (χ3n) is 2.57. The van der Waals surface area contributed by atoms with Gasteiger partial charge in [-0.05, 0) is 7.05 Å². The smallest absolute Gasteiger partial charge is 0.240 e. The van der Waals surface area contributed by atoms with E-state index in [9.17, 15) is 4.79 Å². The van der Waals surface area contributed by atoms with E-state index >= 15 is 0 Å². The molecule has 2 rings (SSSR count). The molecule has 2 aliphatic rings. The number of likely N-dealkylation sites (N-methyl/N-ethyl adjacent to an activating group) is 1. The summed E-state index contributed by atoms with van der Waals surface area (Å²) >= 11 is 1.84. The minimum absolute atomic E-state index is 0.0127. The Morgan fingerprint density at radius 2 is 2.50 bits per heavy atom. The number of hydrogen-bond acceptors (Lipinski definition) is 4. The van der Waals surface area contributed by atoms with Gasteiger partial charge in [-0.15, -0.1) is 0 Å². The van der Waals surface area contributed by atoms with Gasteiger partial charge in [0, 0.05) is 24.6 Å². The van der Waals surface area contributed by atoms with Crippen molar-refractivity contribution in [3.63, 3.8) is 0 Å². The summed E-state index contributed by atoms with van der Waals surface area (Å²) in [5.41, 5.74) is 0. The molecule has 0 saturated carbocycles. The monoisotopic (exact) mass is 216 g/mol. The van der Waals surface area contributed by atoms with Gasteiger partial charge in [0.25, 0.3) is 0 Å². The first-order valence-corrected chi connectivity index (χ1v) is 6.12. The standard InChI is InChI=1S/C9H16N2O2S/c1-10-8-6-14-3-2-11(9(8)12)4-7-5-13-7/h7-8,10H,2-6H2,1H3. The molecule has 2 saturated heterocycles. The van der Waals surface area contributed by atoms with Crippen molar-refractivity contribution in [2.75, 3.05) is 38.2 Å². The van der Waals surface area contributed by atoms with Crippen LogP contribution >= 0.6 is 11.8 Å². The van der Waals surface area contributed by atoms with Crippen LogP contribution in [0.2, 0.25) is 0 Å². The second-order valence-corrected chi connectivity index (χ2v) is 4.81. The number of nitrogens with one attached hydrogen (secondary N) is 1. The molecule has 2 unspecified atom stereocenters. The number of nitrogens with zero attached hydrogens (tertiary/aromatic N) is 1. The Morgan fingerprint density at radius 1 is 1.71 bits per heavy atom. The lowest BCUT2D eigenvalue weighted by atomic mass is 10.2. The molecule has 2 aliphatic heterocycles. The lowest BCUT2D eigenvalue weighted by molar-refractivity contribution is -0.132. The highest BCUT2D eigenvalue weighted by Gasteiger charge is 2.31. The maximum atomic E-state index is 11.9. The average Bonchev–Trinajstić information content (AvgIpc) is 2.99. The van der Waals surface area contributed by atoms with Gasteiger partial charge in [-0.1, -0.05) is 0 Å². The zero-order valence-electron chi connectivity index (χ0n) is 8.36. The number of thioether (sulfide) groups is 1. The van der Waals surface area contributed by atoms with E-state index in [2.05, 4.69) is 5.32 Å². The molecule has 14 heavy (non-hydrogen) atoms. The Labute approximate surface area is 88.4 Å². The fraction of sp³-hybridized carbons (Fsp3) is 0.889. The fourth-order valence-corrected chi connectivity index (χ4v) is 2.65. The molecule has 2 atom stereocenters. The maximum absolute atomic E-state index is 11.9. The lowest BCUT2D eigenvalue weighted by Gasteiger charge is -2.22. The van der Waals surface area contributed by atoms with Crippen LogP contribution in [0.25, 0.3) is 0 Å². The van der Waals surface area contributed by atoms with Crippen LogP contribution in [0.4, 0.5) is 0 Å². The van der Waals surface area contributed by atoms with Crippen LogP contribution in [0.15, 0.2) is 0 Å². The van der Waals surface area contributed by atoms with Gasteiger partial charge in [0.05, 0.1) is 18.8 Å². The molecule has 1 amide bonds. The average molecular weight is 216 g/mol. The van der Waals surface area contributed by atoms with E-state index < -0.39 is 0 Å². The third kappa shape index (κ3) is 2.40. The summed E-state index contributed by atoms with van der Waals surface area (Å²) in [6, 6.07) is -0.0127. The maximum Gasteiger partial charge on any atom is 0.240 e. The van der Waals surface area contributed by atoms with Gasteiger partial charge in [-0.2, -0.15) is 11.8 Å². The van der Waals surface area contributed by atoms with Crippen LogP contribution in [0, 0.1) is 0 Å². The largest absolute Gasteiger partial charge is 0.371 e. The highest BCUT2D eigenvalue weighted by molar-refractivity contribution is 7.99. The van der Waals surface area contributed by atoms with E-state index in [4.69, 9.17) is 4.74 Å². The predicted molar refractivity (Wildman–Crippen MR) is 56.5 cm³/mol. The molecule has 80 valence electrons. The van der Waals surface area contributed by atoms with Gasteiger partial charge < -0.3 is 15.0 Å². The number of carbonyl (C=O) groups excluding carboxylic acids is 1. The number of ether oxygens (including phenoxy) is 1. The van der Waals surface area contributed by atoms with Crippen LogP contribution in [-0.4, -0.2) is 61.2 Å². The first-order valence-electron chi connectivity index (χ1n) is 4.96. The highest BCUT2D eigenvalue weighted by Crippen LogP contribution is 2.16. The molecule has 0 bridgehead atoms. The second-order valence-electron chi connectivity index (χ2n) is 3.66. The summed E-state index contributed by atoms with van der Waals surface area (Å²) in [7, 11) is 1.85. The third-order valence-corrected chi connectivity index (χ3v) is 3.61. The zero-order valence-corrected chi connectivity index (χ0v) is 9.18. The Hall–Kier alpha value is -0.260. The molecule has 0 spiro atoms. The normalized spacial score (nSPS) is 32.9. The summed E-state index contributed by atoms with van der Waals surface area (Å²) in [5.74, 6) is 2.15. The molecule has 4 nitrogen and oxygen atoms in total. The van der Waals surface area contributed by atoms with E-state index in [1.807, 2.05) is 23.7 Å². The van der Waals surface area contributed by atoms with Crippen molar-refractivity contribution in [3.05, 3.63) is 0 Å². The van der Waals surface area contributed by atoms with Crippen LogP contribution in [0.5, 0.6) is 0 Å². The van der Waals surface area contributed by atoms with E-state index in [1.54, 1.807) is 0 Å². The fourth-order valence-electron chi connectivity index (χ4n) is 1.59. The summed E-state index contributed by atoms with van der Waals surface area (Å²) in [6.45, 7) is 2.46. The van der Waals surface area contributed by atoms with Gasteiger partial charge in [0.15, 0.2) is 0 Å². The molecular weight excluding hydrogens is 200 g/mol. The topological polar surface area (TPSA) is 44.9 Å². The van der Waals surface area contributed by atoms with Crippen LogP contribution < -0.4 is 5.32 Å². The van der Waals surface area contributed by atoms with Crippen molar-refractivity contribution >= 4 is 17.7 Å². The van der Waals surface area contributed by atoms with Crippen molar-refractivity contribution in [2.45, 2.75) is 12.1 Å². The molecule has 2 fully saturated rings. The number of epoxide rings is 1. The number of rotatable bonds is 3. The van der Waals surface area contributed by atoms with Crippen molar-refractivity contribution in [1.82, 2.24) is 10.2 Å². The van der Waals surface area contributed by atoms with E-state index in [-0.39, 0.29) is 11.9 Å². The van der Waals surface area contributed by atoms with Gasteiger partial charge >= 0.3 is 0 Å². The number of amides is 1. The first-order chi connectivity index (χ1) is 6.81. The SMILES string of the molecule is CNC1CSCCN(CC2CO2)C1=O. The summed E-state index contributed by atoms with van der Waals surface area (Å²) in [6.07, 6.45) is 0.305. The molecule has 0 aromatic rings. The van der Waals surface area contributed by atoms with Gasteiger partial charge in [0.1, 0.15) is 0 Å².